The lowest BCUT2D eigenvalue weighted by Gasteiger charge is -2.40. The first-order chi connectivity index (χ1) is 5.58. The van der Waals surface area contributed by atoms with E-state index in [-0.39, 0.29) is 0 Å². The van der Waals surface area contributed by atoms with Crippen LogP contribution in [0.1, 0.15) is 59.8 Å². The summed E-state index contributed by atoms with van der Waals surface area (Å²) in [5, 5.41) is 0. The minimum Gasteiger partial charge on any atom is -0.0649 e. The molecular formula is C12H24. The first kappa shape index (κ1) is 10.1. The predicted molar refractivity (Wildman–Crippen MR) is 55.2 cm³/mol. The minimum atomic E-state index is 0.583. The van der Waals surface area contributed by atoms with E-state index in [1.165, 1.54) is 32.1 Å². The summed E-state index contributed by atoms with van der Waals surface area (Å²) >= 11 is 0. The Bertz CT molecular complexity index is 135. The van der Waals surface area contributed by atoms with Gasteiger partial charge >= 0.3 is 0 Å². The van der Waals surface area contributed by atoms with Crippen molar-refractivity contribution in [1.82, 2.24) is 0 Å². The fourth-order valence-corrected chi connectivity index (χ4v) is 2.74. The van der Waals surface area contributed by atoms with Crippen LogP contribution in [0.2, 0.25) is 0 Å². The molecule has 1 rings (SSSR count). The molecule has 0 bridgehead atoms. The van der Waals surface area contributed by atoms with Gasteiger partial charge in [-0.25, -0.2) is 0 Å². The van der Waals surface area contributed by atoms with Gasteiger partial charge in [-0.15, -0.1) is 0 Å². The van der Waals surface area contributed by atoms with Crippen LogP contribution in [0, 0.1) is 17.3 Å². The van der Waals surface area contributed by atoms with Crippen LogP contribution in [0.25, 0.3) is 0 Å². The van der Waals surface area contributed by atoms with Gasteiger partial charge in [-0.05, 0) is 23.7 Å². The zero-order valence-electron chi connectivity index (χ0n) is 9.19. The average molecular weight is 168 g/mol. The lowest BCUT2D eigenvalue weighted by atomic mass is 9.65. The molecule has 0 aliphatic heterocycles. The third-order valence-electron chi connectivity index (χ3n) is 4.03. The molecule has 0 aromatic heterocycles. The number of hydrogen-bond acceptors (Lipinski definition) is 0. The van der Waals surface area contributed by atoms with E-state index in [1.807, 2.05) is 0 Å². The van der Waals surface area contributed by atoms with Crippen molar-refractivity contribution in [2.24, 2.45) is 17.3 Å². The van der Waals surface area contributed by atoms with Crippen molar-refractivity contribution < 1.29 is 0 Å². The van der Waals surface area contributed by atoms with Crippen LogP contribution in [-0.2, 0) is 0 Å². The zero-order chi connectivity index (χ0) is 9.19. The van der Waals surface area contributed by atoms with Crippen LogP contribution in [0.4, 0.5) is 0 Å². The molecule has 0 amide bonds. The maximum atomic E-state index is 2.45. The molecule has 0 spiro atoms. The van der Waals surface area contributed by atoms with Gasteiger partial charge in [0.25, 0.3) is 0 Å². The van der Waals surface area contributed by atoms with Crippen LogP contribution in [0.5, 0.6) is 0 Å². The van der Waals surface area contributed by atoms with Gasteiger partial charge < -0.3 is 0 Å². The fourth-order valence-electron chi connectivity index (χ4n) is 2.74. The van der Waals surface area contributed by atoms with Gasteiger partial charge in [0.05, 0.1) is 0 Å². The lowest BCUT2D eigenvalue weighted by molar-refractivity contribution is 0.0985. The highest BCUT2D eigenvalue weighted by Gasteiger charge is 2.33. The highest BCUT2D eigenvalue weighted by Crippen LogP contribution is 2.43. The molecule has 2 atom stereocenters. The van der Waals surface area contributed by atoms with E-state index < -0.39 is 0 Å². The summed E-state index contributed by atoms with van der Waals surface area (Å²) in [6.07, 6.45) is 7.22. The molecule has 0 aromatic carbocycles. The second-order valence-corrected chi connectivity index (χ2v) is 5.21. The van der Waals surface area contributed by atoms with E-state index >= 15 is 0 Å². The minimum absolute atomic E-state index is 0.583. The molecule has 1 fully saturated rings. The van der Waals surface area contributed by atoms with Gasteiger partial charge in [0, 0.05) is 0 Å². The molecule has 72 valence electrons. The van der Waals surface area contributed by atoms with Crippen molar-refractivity contribution in [3.8, 4) is 0 Å². The molecule has 1 saturated carbocycles. The normalized spacial score (nSPS) is 32.0. The van der Waals surface area contributed by atoms with Gasteiger partial charge in [0.1, 0.15) is 0 Å². The second kappa shape index (κ2) is 3.81. The van der Waals surface area contributed by atoms with Crippen molar-refractivity contribution in [1.29, 1.82) is 0 Å². The molecule has 2 unspecified atom stereocenters. The smallest absolute Gasteiger partial charge is 0.0326 e. The Balaban J connectivity index is 2.58. The van der Waals surface area contributed by atoms with E-state index in [9.17, 15) is 0 Å². The van der Waals surface area contributed by atoms with Gasteiger partial charge in [0.15, 0.2) is 0 Å². The van der Waals surface area contributed by atoms with Crippen LogP contribution >= 0.6 is 0 Å². The summed E-state index contributed by atoms with van der Waals surface area (Å²) in [4.78, 5) is 0. The Kier molecular flexibility index (Phi) is 3.20. The quantitative estimate of drug-likeness (QED) is 0.578. The molecule has 0 aromatic rings. The summed E-state index contributed by atoms with van der Waals surface area (Å²) in [5.41, 5.74) is 0.583. The Labute approximate surface area is 77.7 Å². The Morgan fingerprint density at radius 2 is 1.75 bits per heavy atom. The van der Waals surface area contributed by atoms with Crippen LogP contribution in [0.3, 0.4) is 0 Å². The Morgan fingerprint density at radius 1 is 1.17 bits per heavy atom. The van der Waals surface area contributed by atoms with Crippen molar-refractivity contribution in [2.45, 2.75) is 59.8 Å². The van der Waals surface area contributed by atoms with E-state index in [4.69, 9.17) is 0 Å². The molecule has 0 nitrogen and oxygen atoms in total. The van der Waals surface area contributed by atoms with Gasteiger partial charge in [-0.2, -0.15) is 0 Å². The first-order valence-corrected chi connectivity index (χ1v) is 5.58. The summed E-state index contributed by atoms with van der Waals surface area (Å²) in [6.45, 7) is 9.67. The molecule has 0 N–H and O–H groups in total. The largest absolute Gasteiger partial charge is 0.0649 e. The van der Waals surface area contributed by atoms with Gasteiger partial charge in [-0.3, -0.25) is 0 Å². The monoisotopic (exact) mass is 168 g/mol. The first-order valence-electron chi connectivity index (χ1n) is 5.58. The van der Waals surface area contributed by atoms with E-state index in [0.29, 0.717) is 5.41 Å². The number of hydrogen-bond donors (Lipinski definition) is 0. The highest BCUT2D eigenvalue weighted by molar-refractivity contribution is 4.83. The summed E-state index contributed by atoms with van der Waals surface area (Å²) < 4.78 is 0. The van der Waals surface area contributed by atoms with Crippen LogP contribution < -0.4 is 0 Å². The predicted octanol–water partition coefficient (Wildman–Crippen LogP) is 4.25. The van der Waals surface area contributed by atoms with E-state index in [1.54, 1.807) is 0 Å². The molecule has 0 heteroatoms. The van der Waals surface area contributed by atoms with E-state index in [2.05, 4.69) is 27.7 Å². The van der Waals surface area contributed by atoms with E-state index in [0.717, 1.165) is 11.8 Å². The third-order valence-corrected chi connectivity index (χ3v) is 4.03. The van der Waals surface area contributed by atoms with Crippen molar-refractivity contribution in [3.05, 3.63) is 0 Å². The Hall–Kier alpha value is 0. The summed E-state index contributed by atoms with van der Waals surface area (Å²) in [5.74, 6) is 1.95. The highest BCUT2D eigenvalue weighted by atomic mass is 14.4. The fraction of sp³-hybridized carbons (Fsp3) is 1.00. The third kappa shape index (κ3) is 2.02. The van der Waals surface area contributed by atoms with Crippen molar-refractivity contribution in [3.63, 3.8) is 0 Å². The SMILES string of the molecule is CCC(C)(C)C1CCCCC1C. The maximum Gasteiger partial charge on any atom is -0.0326 e. The molecule has 12 heavy (non-hydrogen) atoms. The Morgan fingerprint density at radius 3 is 2.25 bits per heavy atom. The summed E-state index contributed by atoms with van der Waals surface area (Å²) in [7, 11) is 0. The van der Waals surface area contributed by atoms with Gasteiger partial charge in [-0.1, -0.05) is 53.4 Å². The molecular weight excluding hydrogens is 144 g/mol. The number of rotatable bonds is 2. The standard InChI is InChI=1S/C12H24/c1-5-12(3,4)11-9-7-6-8-10(11)2/h10-11H,5-9H2,1-4H3. The molecule has 0 heterocycles. The topological polar surface area (TPSA) is 0 Å². The molecule has 0 saturated heterocycles. The molecule has 1 aliphatic rings. The zero-order valence-corrected chi connectivity index (χ0v) is 9.19. The van der Waals surface area contributed by atoms with Gasteiger partial charge in [0.2, 0.25) is 0 Å². The van der Waals surface area contributed by atoms with Crippen LogP contribution in [-0.4, -0.2) is 0 Å². The molecule has 0 radical (unpaired) electrons. The second-order valence-electron chi connectivity index (χ2n) is 5.21. The molecule has 1 aliphatic carbocycles. The maximum absolute atomic E-state index is 2.45. The summed E-state index contributed by atoms with van der Waals surface area (Å²) in [6, 6.07) is 0. The lowest BCUT2D eigenvalue weighted by Crippen LogP contribution is -2.31. The van der Waals surface area contributed by atoms with Crippen molar-refractivity contribution >= 4 is 0 Å². The van der Waals surface area contributed by atoms with Crippen LogP contribution in [0.15, 0.2) is 0 Å². The van der Waals surface area contributed by atoms with Crippen molar-refractivity contribution in [2.75, 3.05) is 0 Å². The average Bonchev–Trinajstić information content (AvgIpc) is 2.05.